The van der Waals surface area contributed by atoms with E-state index in [2.05, 4.69) is 4.98 Å². The van der Waals surface area contributed by atoms with E-state index in [0.29, 0.717) is 16.8 Å². The van der Waals surface area contributed by atoms with Crippen LogP contribution in [0.2, 0.25) is 0 Å². The maximum absolute atomic E-state index is 13.4. The second kappa shape index (κ2) is 9.91. The summed E-state index contributed by atoms with van der Waals surface area (Å²) >= 11 is 0. The summed E-state index contributed by atoms with van der Waals surface area (Å²) in [5.74, 6) is -2.37. The molecule has 0 bridgehead atoms. The molecule has 1 aliphatic rings. The molecule has 0 unspecified atom stereocenters. The van der Waals surface area contributed by atoms with Gasteiger partial charge in [0.15, 0.2) is 5.76 Å². The number of hydrogen-bond donors (Lipinski definition) is 1. The number of aromatic nitrogens is 1. The predicted molar refractivity (Wildman–Crippen MR) is 132 cm³/mol. The van der Waals surface area contributed by atoms with E-state index in [1.165, 1.54) is 23.2 Å². The van der Waals surface area contributed by atoms with Crippen molar-refractivity contribution >= 4 is 23.3 Å². The molecule has 0 saturated heterocycles. The number of aliphatic hydroxyl groups excluding tert-OH is 1. The van der Waals surface area contributed by atoms with Crippen LogP contribution in [0.5, 0.6) is 0 Å². The summed E-state index contributed by atoms with van der Waals surface area (Å²) in [6.07, 6.45) is -4.39. The Bertz CT molecular complexity index is 1530. The summed E-state index contributed by atoms with van der Waals surface area (Å²) in [6, 6.07) is 14.7. The monoisotopic (exact) mass is 538 g/mol. The molecule has 0 fully saturated rings. The summed E-state index contributed by atoms with van der Waals surface area (Å²) in [6.45, 7) is 0. The zero-order valence-corrected chi connectivity index (χ0v) is 20.6. The molecule has 200 valence electrons. The number of halogens is 3. The van der Waals surface area contributed by atoms with Gasteiger partial charge in [0.2, 0.25) is 5.76 Å². The molecule has 11 heteroatoms. The molecule has 1 N–H and O–H groups in total. The van der Waals surface area contributed by atoms with Crippen LogP contribution in [0.25, 0.3) is 11.3 Å². The van der Waals surface area contributed by atoms with E-state index in [-0.39, 0.29) is 22.7 Å². The van der Waals surface area contributed by atoms with E-state index in [0.717, 1.165) is 26.4 Å². The van der Waals surface area contributed by atoms with E-state index in [9.17, 15) is 27.9 Å². The number of carbonyl (C=O) groups is 2. The highest BCUT2D eigenvalue weighted by molar-refractivity contribution is 6.09. The molecule has 0 spiro atoms. The molecular weight excluding hydrogens is 517 g/mol. The van der Waals surface area contributed by atoms with Crippen molar-refractivity contribution in [3.8, 4) is 11.3 Å². The van der Waals surface area contributed by atoms with Gasteiger partial charge < -0.3 is 23.9 Å². The predicted octanol–water partition coefficient (Wildman–Crippen LogP) is 5.86. The number of fused-ring (bicyclic) bond motifs is 3. The SMILES string of the molecule is COC(=O)c1oc2c(c1C(=O)OC)N(c1ccc(C(F)(F)F)cc1)[C@H](c1ccccn1)[C@@H](O)c1ccccc1-2. The first-order valence-electron chi connectivity index (χ1n) is 11.7. The van der Waals surface area contributed by atoms with Crippen molar-refractivity contribution in [1.29, 1.82) is 0 Å². The third kappa shape index (κ3) is 4.40. The Labute approximate surface area is 220 Å². The third-order valence-electron chi connectivity index (χ3n) is 6.45. The molecule has 39 heavy (non-hydrogen) atoms. The van der Waals surface area contributed by atoms with E-state index >= 15 is 0 Å². The van der Waals surface area contributed by atoms with Crippen molar-refractivity contribution in [3.63, 3.8) is 0 Å². The minimum absolute atomic E-state index is 0.00154. The molecule has 2 atom stereocenters. The average Bonchev–Trinajstić information content (AvgIpc) is 3.30. The molecule has 0 saturated carbocycles. The lowest BCUT2D eigenvalue weighted by atomic mass is 9.95. The first-order valence-corrected chi connectivity index (χ1v) is 11.7. The Kier molecular flexibility index (Phi) is 6.61. The van der Waals surface area contributed by atoms with Crippen molar-refractivity contribution in [3.05, 3.63) is 101 Å². The quantitative estimate of drug-likeness (QED) is 0.323. The zero-order valence-electron chi connectivity index (χ0n) is 20.6. The highest BCUT2D eigenvalue weighted by Gasteiger charge is 2.44. The standard InChI is InChI=1S/C28H21F3N2O6/c1-37-26(35)20-22-24(39-25(20)27(36)38-2)18-8-4-3-7-17(18)23(34)21(19-9-5-6-14-32-19)33(22)16-12-10-15(11-13-16)28(29,30)31/h3-14,21,23,34H,1-2H3/t21-,23+/m1/s1. The van der Waals surface area contributed by atoms with Gasteiger partial charge in [-0.15, -0.1) is 0 Å². The normalized spacial score (nSPS) is 16.6. The van der Waals surface area contributed by atoms with Crippen LogP contribution >= 0.6 is 0 Å². The zero-order chi connectivity index (χ0) is 27.9. The van der Waals surface area contributed by atoms with E-state index in [1.807, 2.05) is 0 Å². The van der Waals surface area contributed by atoms with Gasteiger partial charge in [0, 0.05) is 17.4 Å². The number of hydrogen-bond acceptors (Lipinski definition) is 8. The fourth-order valence-corrected chi connectivity index (χ4v) is 4.72. The van der Waals surface area contributed by atoms with Gasteiger partial charge in [-0.1, -0.05) is 30.3 Å². The van der Waals surface area contributed by atoms with Crippen LogP contribution in [0.3, 0.4) is 0 Å². The number of carbonyl (C=O) groups excluding carboxylic acids is 2. The molecule has 2 aromatic heterocycles. The van der Waals surface area contributed by atoms with Gasteiger partial charge in [-0.05, 0) is 42.0 Å². The number of ether oxygens (including phenoxy) is 2. The molecule has 2 aromatic carbocycles. The number of benzene rings is 2. The number of aliphatic hydroxyl groups is 1. The Hall–Kier alpha value is -4.64. The number of furan rings is 1. The highest BCUT2D eigenvalue weighted by Crippen LogP contribution is 2.53. The number of methoxy groups -OCH3 is 2. The van der Waals surface area contributed by atoms with Crippen molar-refractivity contribution in [2.45, 2.75) is 18.3 Å². The molecule has 1 aliphatic heterocycles. The lowest BCUT2D eigenvalue weighted by molar-refractivity contribution is -0.137. The van der Waals surface area contributed by atoms with Gasteiger partial charge >= 0.3 is 18.1 Å². The Balaban J connectivity index is 1.90. The minimum atomic E-state index is -4.59. The number of esters is 2. The number of pyridine rings is 1. The van der Waals surface area contributed by atoms with Crippen molar-refractivity contribution in [2.75, 3.05) is 19.1 Å². The van der Waals surface area contributed by atoms with Gasteiger partial charge in [-0.25, -0.2) is 9.59 Å². The summed E-state index contributed by atoms with van der Waals surface area (Å²) in [4.78, 5) is 31.8. The second-order valence-corrected chi connectivity index (χ2v) is 8.61. The lowest BCUT2D eigenvalue weighted by Crippen LogP contribution is -2.30. The minimum Gasteiger partial charge on any atom is -0.465 e. The molecule has 0 amide bonds. The van der Waals surface area contributed by atoms with Crippen LogP contribution in [0.1, 0.15) is 49.9 Å². The second-order valence-electron chi connectivity index (χ2n) is 8.61. The Morgan fingerprint density at radius 2 is 1.62 bits per heavy atom. The van der Waals surface area contributed by atoms with Crippen LogP contribution in [0, 0.1) is 0 Å². The smallest absolute Gasteiger partial charge is 0.416 e. The summed E-state index contributed by atoms with van der Waals surface area (Å²) in [5.41, 5.74) is 0.0280. The third-order valence-corrected chi connectivity index (χ3v) is 6.45. The fraction of sp³-hybridized carbons (Fsp3) is 0.179. The Morgan fingerprint density at radius 1 is 0.949 bits per heavy atom. The number of nitrogens with zero attached hydrogens (tertiary/aromatic N) is 2. The average molecular weight is 538 g/mol. The largest absolute Gasteiger partial charge is 0.465 e. The molecule has 0 aliphatic carbocycles. The summed E-state index contributed by atoms with van der Waals surface area (Å²) < 4.78 is 56.0. The van der Waals surface area contributed by atoms with Crippen LogP contribution < -0.4 is 4.90 Å². The van der Waals surface area contributed by atoms with E-state index < -0.39 is 41.6 Å². The van der Waals surface area contributed by atoms with Crippen LogP contribution in [0.4, 0.5) is 24.5 Å². The molecule has 4 aromatic rings. The van der Waals surface area contributed by atoms with Gasteiger partial charge in [0.05, 0.1) is 25.5 Å². The summed E-state index contributed by atoms with van der Waals surface area (Å²) in [5, 5.41) is 11.8. The van der Waals surface area contributed by atoms with Crippen LogP contribution in [-0.2, 0) is 15.7 Å². The van der Waals surface area contributed by atoms with E-state index in [1.54, 1.807) is 42.5 Å². The number of rotatable bonds is 4. The molecule has 5 rings (SSSR count). The maximum atomic E-state index is 13.4. The topological polar surface area (TPSA) is 102 Å². The Morgan fingerprint density at radius 3 is 2.23 bits per heavy atom. The molecular formula is C28H21F3N2O6. The molecule has 0 radical (unpaired) electrons. The van der Waals surface area contributed by atoms with Gasteiger partial charge in [-0.3, -0.25) is 4.98 Å². The summed E-state index contributed by atoms with van der Waals surface area (Å²) in [7, 11) is 2.22. The van der Waals surface area contributed by atoms with Gasteiger partial charge in [0.1, 0.15) is 23.4 Å². The fourth-order valence-electron chi connectivity index (χ4n) is 4.72. The lowest BCUT2D eigenvalue weighted by Gasteiger charge is -2.35. The van der Waals surface area contributed by atoms with Crippen molar-refractivity contribution in [1.82, 2.24) is 4.98 Å². The molecule has 8 nitrogen and oxygen atoms in total. The van der Waals surface area contributed by atoms with E-state index in [4.69, 9.17) is 13.9 Å². The van der Waals surface area contributed by atoms with Crippen LogP contribution in [-0.4, -0.2) is 36.2 Å². The molecule has 3 heterocycles. The van der Waals surface area contributed by atoms with Gasteiger partial charge in [-0.2, -0.15) is 13.2 Å². The highest BCUT2D eigenvalue weighted by atomic mass is 19.4. The first-order chi connectivity index (χ1) is 18.7. The number of alkyl halides is 3. The maximum Gasteiger partial charge on any atom is 0.416 e. The van der Waals surface area contributed by atoms with Crippen molar-refractivity contribution in [2.24, 2.45) is 0 Å². The first kappa shape index (κ1) is 26.0. The van der Waals surface area contributed by atoms with Crippen LogP contribution in [0.15, 0.2) is 77.3 Å². The number of anilines is 2. The van der Waals surface area contributed by atoms with Crippen molar-refractivity contribution < 1.29 is 41.8 Å². The van der Waals surface area contributed by atoms with Gasteiger partial charge in [0.25, 0.3) is 0 Å².